The predicted molar refractivity (Wildman–Crippen MR) is 87.4 cm³/mol. The van der Waals surface area contributed by atoms with Crippen LogP contribution in [0, 0.1) is 0 Å². The van der Waals surface area contributed by atoms with Gasteiger partial charge >= 0.3 is 0 Å². The molecule has 0 amide bonds. The molecule has 1 aromatic carbocycles. The second-order valence-corrected chi connectivity index (χ2v) is 8.29. The molecule has 1 aliphatic rings. The molecule has 1 fully saturated rings. The molecule has 118 valence electrons. The van der Waals surface area contributed by atoms with Crippen LogP contribution in [0.2, 0.25) is 10.0 Å². The summed E-state index contributed by atoms with van der Waals surface area (Å²) in [4.78, 5) is 0. The van der Waals surface area contributed by atoms with E-state index in [1.54, 1.807) is 17.3 Å². The summed E-state index contributed by atoms with van der Waals surface area (Å²) in [5.41, 5.74) is 1.00. The van der Waals surface area contributed by atoms with Gasteiger partial charge in [-0.15, -0.1) is 0 Å². The monoisotopic (exact) mass is 350 g/mol. The lowest BCUT2D eigenvalue weighted by molar-refractivity contribution is 0.289. The Bertz CT molecular complexity index is 585. The molecule has 0 saturated carbocycles. The average molecular weight is 351 g/mol. The summed E-state index contributed by atoms with van der Waals surface area (Å²) in [6.07, 6.45) is 1.65. The van der Waals surface area contributed by atoms with Crippen molar-refractivity contribution in [3.8, 4) is 0 Å². The van der Waals surface area contributed by atoms with Crippen molar-refractivity contribution in [3.63, 3.8) is 0 Å². The second-order valence-electron chi connectivity index (χ2n) is 5.19. The number of sulfonamides is 1. The zero-order chi connectivity index (χ0) is 15.5. The highest BCUT2D eigenvalue weighted by Crippen LogP contribution is 2.21. The summed E-state index contributed by atoms with van der Waals surface area (Å²) in [5, 5.41) is 4.72. The van der Waals surface area contributed by atoms with Gasteiger partial charge in [-0.05, 0) is 37.5 Å². The lowest BCUT2D eigenvalue weighted by atomic mass is 10.1. The third kappa shape index (κ3) is 4.57. The van der Waals surface area contributed by atoms with Gasteiger partial charge in [0, 0.05) is 35.7 Å². The van der Waals surface area contributed by atoms with E-state index >= 15 is 0 Å². The van der Waals surface area contributed by atoms with E-state index in [1.807, 2.05) is 12.1 Å². The van der Waals surface area contributed by atoms with Crippen LogP contribution in [-0.2, 0) is 16.6 Å². The lowest BCUT2D eigenvalue weighted by Crippen LogP contribution is -2.45. The standard InChI is InChI=1S/C14H20Cl2N2O2S/c1-2-21(19,20)18-7-5-13(6-8-18)17-10-11-3-4-12(15)9-14(11)16/h3-4,9,13,17H,2,5-8,10H2,1H3. The molecule has 21 heavy (non-hydrogen) atoms. The van der Waals surface area contributed by atoms with Crippen molar-refractivity contribution in [2.24, 2.45) is 0 Å². The van der Waals surface area contributed by atoms with Crippen molar-refractivity contribution < 1.29 is 8.42 Å². The van der Waals surface area contributed by atoms with Gasteiger partial charge in [0.05, 0.1) is 5.75 Å². The van der Waals surface area contributed by atoms with E-state index < -0.39 is 10.0 Å². The van der Waals surface area contributed by atoms with Gasteiger partial charge in [-0.3, -0.25) is 0 Å². The zero-order valence-electron chi connectivity index (χ0n) is 12.0. The summed E-state index contributed by atoms with van der Waals surface area (Å²) in [6.45, 7) is 3.52. The van der Waals surface area contributed by atoms with Crippen LogP contribution in [0.25, 0.3) is 0 Å². The largest absolute Gasteiger partial charge is 0.310 e. The highest BCUT2D eigenvalue weighted by Gasteiger charge is 2.26. The van der Waals surface area contributed by atoms with Gasteiger partial charge < -0.3 is 5.32 Å². The van der Waals surface area contributed by atoms with E-state index in [0.717, 1.165) is 18.4 Å². The smallest absolute Gasteiger partial charge is 0.213 e. The van der Waals surface area contributed by atoms with Crippen LogP contribution in [0.15, 0.2) is 18.2 Å². The molecule has 0 atom stereocenters. The van der Waals surface area contributed by atoms with E-state index in [4.69, 9.17) is 23.2 Å². The fourth-order valence-electron chi connectivity index (χ4n) is 2.44. The number of nitrogens with zero attached hydrogens (tertiary/aromatic N) is 1. The molecule has 0 bridgehead atoms. The van der Waals surface area contributed by atoms with Crippen molar-refractivity contribution in [2.75, 3.05) is 18.8 Å². The first-order chi connectivity index (χ1) is 9.92. The molecule has 1 saturated heterocycles. The normalized spacial score (nSPS) is 18.0. The molecule has 1 aromatic rings. The van der Waals surface area contributed by atoms with Crippen molar-refractivity contribution in [2.45, 2.75) is 32.4 Å². The number of benzene rings is 1. The maximum atomic E-state index is 11.8. The van der Waals surface area contributed by atoms with E-state index in [9.17, 15) is 8.42 Å². The van der Waals surface area contributed by atoms with Crippen LogP contribution >= 0.6 is 23.2 Å². The molecular formula is C14H20Cl2N2O2S. The number of nitrogens with one attached hydrogen (secondary N) is 1. The predicted octanol–water partition coefficient (Wildman–Crippen LogP) is 2.90. The van der Waals surface area contributed by atoms with E-state index in [0.29, 0.717) is 35.7 Å². The van der Waals surface area contributed by atoms with Crippen molar-refractivity contribution in [1.29, 1.82) is 0 Å². The lowest BCUT2D eigenvalue weighted by Gasteiger charge is -2.31. The number of halogens is 2. The van der Waals surface area contributed by atoms with Gasteiger partial charge in [0.2, 0.25) is 10.0 Å². The van der Waals surface area contributed by atoms with Crippen LogP contribution in [0.1, 0.15) is 25.3 Å². The molecule has 7 heteroatoms. The number of hydrogen-bond acceptors (Lipinski definition) is 3. The average Bonchev–Trinajstić information content (AvgIpc) is 2.47. The second kappa shape index (κ2) is 7.29. The first-order valence-corrected chi connectivity index (χ1v) is 9.44. The molecule has 1 heterocycles. The summed E-state index contributed by atoms with van der Waals surface area (Å²) in [6, 6.07) is 5.78. The molecule has 0 aliphatic carbocycles. The fraction of sp³-hybridized carbons (Fsp3) is 0.571. The number of rotatable bonds is 5. The van der Waals surface area contributed by atoms with Gasteiger partial charge in [-0.25, -0.2) is 12.7 Å². The molecule has 0 aromatic heterocycles. The highest BCUT2D eigenvalue weighted by molar-refractivity contribution is 7.89. The summed E-state index contributed by atoms with van der Waals surface area (Å²) in [7, 11) is -3.05. The van der Waals surface area contributed by atoms with Crippen molar-refractivity contribution in [3.05, 3.63) is 33.8 Å². The number of piperidine rings is 1. The minimum absolute atomic E-state index is 0.172. The van der Waals surface area contributed by atoms with Crippen LogP contribution < -0.4 is 5.32 Å². The third-order valence-electron chi connectivity index (χ3n) is 3.81. The first-order valence-electron chi connectivity index (χ1n) is 7.07. The molecular weight excluding hydrogens is 331 g/mol. The van der Waals surface area contributed by atoms with Crippen molar-refractivity contribution in [1.82, 2.24) is 9.62 Å². The third-order valence-corrected chi connectivity index (χ3v) is 6.28. The molecule has 1 N–H and O–H groups in total. The Morgan fingerprint density at radius 1 is 1.29 bits per heavy atom. The summed E-state index contributed by atoms with van der Waals surface area (Å²) < 4.78 is 25.2. The topological polar surface area (TPSA) is 49.4 Å². The Morgan fingerprint density at radius 2 is 1.95 bits per heavy atom. The van der Waals surface area contributed by atoms with Crippen LogP contribution in [0.5, 0.6) is 0 Å². The summed E-state index contributed by atoms with van der Waals surface area (Å²) in [5.74, 6) is 0.172. The Balaban J connectivity index is 1.84. The minimum Gasteiger partial charge on any atom is -0.310 e. The molecule has 2 rings (SSSR count). The van der Waals surface area contributed by atoms with Gasteiger partial charge in [0.1, 0.15) is 0 Å². The molecule has 0 spiro atoms. The molecule has 4 nitrogen and oxygen atoms in total. The van der Waals surface area contributed by atoms with Crippen molar-refractivity contribution >= 4 is 33.2 Å². The van der Waals surface area contributed by atoms with Gasteiger partial charge in [0.25, 0.3) is 0 Å². The SMILES string of the molecule is CCS(=O)(=O)N1CCC(NCc2ccc(Cl)cc2Cl)CC1. The maximum Gasteiger partial charge on any atom is 0.213 e. The first kappa shape index (κ1) is 17.0. The van der Waals surface area contributed by atoms with Crippen LogP contribution in [-0.4, -0.2) is 37.6 Å². The van der Waals surface area contributed by atoms with Gasteiger partial charge in [-0.2, -0.15) is 0 Å². The molecule has 0 unspecified atom stereocenters. The minimum atomic E-state index is -3.05. The summed E-state index contributed by atoms with van der Waals surface area (Å²) >= 11 is 12.0. The number of hydrogen-bond donors (Lipinski definition) is 1. The zero-order valence-corrected chi connectivity index (χ0v) is 14.3. The quantitative estimate of drug-likeness (QED) is 0.888. The van der Waals surface area contributed by atoms with Crippen LogP contribution in [0.4, 0.5) is 0 Å². The highest BCUT2D eigenvalue weighted by atomic mass is 35.5. The Hall–Kier alpha value is -0.330. The van der Waals surface area contributed by atoms with Gasteiger partial charge in [-0.1, -0.05) is 29.3 Å². The maximum absolute atomic E-state index is 11.8. The Kier molecular flexibility index (Phi) is 5.91. The van der Waals surface area contributed by atoms with E-state index in [1.165, 1.54) is 0 Å². The molecule has 1 aliphatic heterocycles. The van der Waals surface area contributed by atoms with E-state index in [-0.39, 0.29) is 5.75 Å². The van der Waals surface area contributed by atoms with Crippen LogP contribution in [0.3, 0.4) is 0 Å². The van der Waals surface area contributed by atoms with Gasteiger partial charge in [0.15, 0.2) is 0 Å². The fourth-order valence-corrected chi connectivity index (χ4v) is 4.05. The van der Waals surface area contributed by atoms with E-state index in [2.05, 4.69) is 5.32 Å². The Morgan fingerprint density at radius 3 is 2.52 bits per heavy atom. The Labute approximate surface area is 136 Å². The molecule has 0 radical (unpaired) electrons.